The largest absolute Gasteiger partial charge is 0.495 e. The van der Waals surface area contributed by atoms with E-state index in [1.54, 1.807) is 30.8 Å². The van der Waals surface area contributed by atoms with Gasteiger partial charge in [0.05, 0.1) is 42.1 Å². The first-order valence-electron chi connectivity index (χ1n) is 9.74. The SMILES string of the molecule is COc1c(C(=O)NCc2cccs2)ccc2[nH]nc(C=Cc3ccc4occc4c3)c12. The molecule has 154 valence electrons. The van der Waals surface area contributed by atoms with Gasteiger partial charge in [-0.3, -0.25) is 9.89 Å². The number of hydrogen-bond donors (Lipinski definition) is 2. The molecule has 0 aliphatic rings. The van der Waals surface area contributed by atoms with Crippen LogP contribution in [0.3, 0.4) is 0 Å². The summed E-state index contributed by atoms with van der Waals surface area (Å²) < 4.78 is 11.0. The van der Waals surface area contributed by atoms with Crippen molar-refractivity contribution in [2.45, 2.75) is 6.54 Å². The van der Waals surface area contributed by atoms with Gasteiger partial charge in [0.25, 0.3) is 5.91 Å². The average molecular weight is 430 g/mol. The maximum atomic E-state index is 12.8. The molecule has 0 aliphatic heterocycles. The summed E-state index contributed by atoms with van der Waals surface area (Å²) in [5, 5.41) is 14.2. The fourth-order valence-corrected chi connectivity index (χ4v) is 4.20. The van der Waals surface area contributed by atoms with Crippen LogP contribution in [-0.4, -0.2) is 23.2 Å². The number of aromatic amines is 1. The number of nitrogens with zero attached hydrogens (tertiary/aromatic N) is 1. The van der Waals surface area contributed by atoms with E-state index in [4.69, 9.17) is 9.15 Å². The van der Waals surface area contributed by atoms with E-state index < -0.39 is 0 Å². The summed E-state index contributed by atoms with van der Waals surface area (Å²) in [5.41, 5.74) is 3.85. The average Bonchev–Trinajstić information content (AvgIpc) is 3.55. The Labute approximate surface area is 182 Å². The highest BCUT2D eigenvalue weighted by molar-refractivity contribution is 7.09. The lowest BCUT2D eigenvalue weighted by molar-refractivity contribution is 0.0948. The molecule has 0 saturated carbocycles. The van der Waals surface area contributed by atoms with Crippen LogP contribution in [0.25, 0.3) is 34.0 Å². The summed E-state index contributed by atoms with van der Waals surface area (Å²) in [5.74, 6) is 0.313. The van der Waals surface area contributed by atoms with Gasteiger partial charge >= 0.3 is 0 Å². The molecule has 2 aromatic carbocycles. The smallest absolute Gasteiger partial charge is 0.255 e. The highest BCUT2D eigenvalue weighted by Crippen LogP contribution is 2.32. The molecule has 0 bridgehead atoms. The van der Waals surface area contributed by atoms with Crippen molar-refractivity contribution in [1.29, 1.82) is 0 Å². The van der Waals surface area contributed by atoms with E-state index in [9.17, 15) is 4.79 Å². The molecule has 0 spiro atoms. The topological polar surface area (TPSA) is 80.1 Å². The van der Waals surface area contributed by atoms with Gasteiger partial charge in [0.15, 0.2) is 0 Å². The van der Waals surface area contributed by atoms with Crippen molar-refractivity contribution in [3.8, 4) is 5.75 Å². The fourth-order valence-electron chi connectivity index (χ4n) is 3.56. The molecule has 5 aromatic rings. The fraction of sp³-hybridized carbons (Fsp3) is 0.0833. The van der Waals surface area contributed by atoms with Crippen LogP contribution in [0.4, 0.5) is 0 Å². The molecule has 3 heterocycles. The third-order valence-electron chi connectivity index (χ3n) is 5.07. The van der Waals surface area contributed by atoms with Crippen molar-refractivity contribution >= 4 is 51.3 Å². The number of hydrogen-bond acceptors (Lipinski definition) is 5. The number of thiophene rings is 1. The van der Waals surface area contributed by atoms with Crippen molar-refractivity contribution in [3.05, 3.63) is 81.9 Å². The minimum atomic E-state index is -0.186. The van der Waals surface area contributed by atoms with Gasteiger partial charge in [-0.15, -0.1) is 11.3 Å². The summed E-state index contributed by atoms with van der Waals surface area (Å²) in [6.45, 7) is 0.478. The maximum Gasteiger partial charge on any atom is 0.255 e. The van der Waals surface area contributed by atoms with E-state index in [1.165, 1.54) is 0 Å². The van der Waals surface area contributed by atoms with Crippen molar-refractivity contribution in [2.75, 3.05) is 7.11 Å². The summed E-state index contributed by atoms with van der Waals surface area (Å²) in [7, 11) is 1.57. The van der Waals surface area contributed by atoms with Gasteiger partial charge < -0.3 is 14.5 Å². The molecule has 31 heavy (non-hydrogen) atoms. The van der Waals surface area contributed by atoms with Gasteiger partial charge in [-0.1, -0.05) is 18.2 Å². The van der Waals surface area contributed by atoms with Crippen LogP contribution in [-0.2, 0) is 6.54 Å². The molecule has 0 aliphatic carbocycles. The van der Waals surface area contributed by atoms with E-state index in [-0.39, 0.29) is 5.91 Å². The highest BCUT2D eigenvalue weighted by Gasteiger charge is 2.18. The second-order valence-corrected chi connectivity index (χ2v) is 8.02. The predicted molar refractivity (Wildman–Crippen MR) is 123 cm³/mol. The molecule has 0 fully saturated rings. The summed E-state index contributed by atoms with van der Waals surface area (Å²) >= 11 is 1.61. The number of aromatic nitrogens is 2. The molecule has 7 heteroatoms. The van der Waals surface area contributed by atoms with Gasteiger partial charge in [-0.25, -0.2) is 0 Å². The van der Waals surface area contributed by atoms with E-state index in [2.05, 4.69) is 15.5 Å². The van der Waals surface area contributed by atoms with Gasteiger partial charge in [0.2, 0.25) is 0 Å². The number of amides is 1. The predicted octanol–water partition coefficient (Wildman–Crippen LogP) is 5.48. The number of benzene rings is 2. The van der Waals surface area contributed by atoms with Gasteiger partial charge in [0, 0.05) is 10.3 Å². The second-order valence-electron chi connectivity index (χ2n) is 6.99. The minimum Gasteiger partial charge on any atom is -0.495 e. The van der Waals surface area contributed by atoms with E-state index >= 15 is 0 Å². The first kappa shape index (κ1) is 19.1. The highest BCUT2D eigenvalue weighted by atomic mass is 32.1. The molecule has 2 N–H and O–H groups in total. The molecule has 0 saturated heterocycles. The normalized spacial score (nSPS) is 11.5. The Morgan fingerprint density at radius 1 is 1.23 bits per heavy atom. The van der Waals surface area contributed by atoms with Crippen LogP contribution < -0.4 is 10.1 Å². The third kappa shape index (κ3) is 3.71. The van der Waals surface area contributed by atoms with Gasteiger partial charge in [0.1, 0.15) is 11.3 Å². The van der Waals surface area contributed by atoms with Crippen molar-refractivity contribution < 1.29 is 13.9 Å². The van der Waals surface area contributed by atoms with Crippen LogP contribution in [0.1, 0.15) is 26.5 Å². The molecule has 0 unspecified atom stereocenters. The van der Waals surface area contributed by atoms with Gasteiger partial charge in [-0.2, -0.15) is 5.10 Å². The standard InChI is InChI=1S/C24H19N3O3S/c1-29-23-18(24(28)25-14-17-3-2-12-31-17)6-8-20-22(23)19(26-27-20)7-4-15-5-9-21-16(13-15)10-11-30-21/h2-13H,14H2,1H3,(H,25,28)(H,26,27). The zero-order chi connectivity index (χ0) is 21.2. The number of ether oxygens (including phenoxy) is 1. The Kier molecular flexibility index (Phi) is 5.01. The Bertz CT molecular complexity index is 1400. The Balaban J connectivity index is 1.47. The van der Waals surface area contributed by atoms with E-state index in [1.807, 2.05) is 60.0 Å². The zero-order valence-corrected chi connectivity index (χ0v) is 17.5. The van der Waals surface area contributed by atoms with Crippen molar-refractivity contribution in [2.24, 2.45) is 0 Å². The molecule has 0 radical (unpaired) electrons. The quantitative estimate of drug-likeness (QED) is 0.375. The lowest BCUT2D eigenvalue weighted by Crippen LogP contribution is -2.22. The number of fused-ring (bicyclic) bond motifs is 2. The maximum absolute atomic E-state index is 12.8. The molecular formula is C24H19N3O3S. The van der Waals surface area contributed by atoms with E-state index in [0.717, 1.165) is 32.3 Å². The molecule has 0 atom stereocenters. The summed E-state index contributed by atoms with van der Waals surface area (Å²) in [4.78, 5) is 13.9. The summed E-state index contributed by atoms with van der Waals surface area (Å²) in [6.07, 6.45) is 5.57. The van der Waals surface area contributed by atoms with Gasteiger partial charge in [-0.05, 0) is 53.4 Å². The first-order valence-corrected chi connectivity index (χ1v) is 10.6. The Morgan fingerprint density at radius 2 is 2.16 bits per heavy atom. The molecule has 6 nitrogen and oxygen atoms in total. The minimum absolute atomic E-state index is 0.186. The van der Waals surface area contributed by atoms with Crippen molar-refractivity contribution in [1.82, 2.24) is 15.5 Å². The summed E-state index contributed by atoms with van der Waals surface area (Å²) in [6, 6.07) is 15.5. The van der Waals surface area contributed by atoms with Crippen molar-refractivity contribution in [3.63, 3.8) is 0 Å². The molecule has 3 aromatic heterocycles. The zero-order valence-electron chi connectivity index (χ0n) is 16.7. The number of furan rings is 1. The second kappa shape index (κ2) is 8.12. The monoisotopic (exact) mass is 429 g/mol. The number of methoxy groups -OCH3 is 1. The van der Waals surface area contributed by atoms with Crippen LogP contribution in [0.2, 0.25) is 0 Å². The number of H-pyrrole nitrogens is 1. The van der Waals surface area contributed by atoms with Crippen LogP contribution in [0.5, 0.6) is 5.75 Å². The first-order chi connectivity index (χ1) is 15.2. The van der Waals surface area contributed by atoms with E-state index in [0.29, 0.717) is 23.6 Å². The molecular weight excluding hydrogens is 410 g/mol. The number of rotatable bonds is 6. The van der Waals surface area contributed by atoms with Crippen LogP contribution >= 0.6 is 11.3 Å². The molecule has 5 rings (SSSR count). The Hall–Kier alpha value is -3.84. The number of nitrogens with one attached hydrogen (secondary N) is 2. The number of carbonyl (C=O) groups is 1. The van der Waals surface area contributed by atoms with Crippen LogP contribution in [0, 0.1) is 0 Å². The number of carbonyl (C=O) groups excluding carboxylic acids is 1. The Morgan fingerprint density at radius 3 is 3.00 bits per heavy atom. The van der Waals surface area contributed by atoms with Crippen LogP contribution in [0.15, 0.2) is 64.6 Å². The lowest BCUT2D eigenvalue weighted by atomic mass is 10.1. The lowest BCUT2D eigenvalue weighted by Gasteiger charge is -2.10. The molecule has 1 amide bonds. The third-order valence-corrected chi connectivity index (χ3v) is 5.95.